The van der Waals surface area contributed by atoms with Crippen molar-refractivity contribution in [3.63, 3.8) is 0 Å². The Balaban J connectivity index is 1.81. The maximum Gasteiger partial charge on any atom is 0.232 e. The molecule has 2 aromatic carbocycles. The summed E-state index contributed by atoms with van der Waals surface area (Å²) in [5, 5.41) is 2.89. The average Bonchev–Trinajstić information content (AvgIpc) is 3.34. The molecule has 0 saturated heterocycles. The van der Waals surface area contributed by atoms with Crippen LogP contribution in [0.1, 0.15) is 41.6 Å². The smallest absolute Gasteiger partial charge is 0.232 e. The fourth-order valence-electron chi connectivity index (χ4n) is 2.77. The molecule has 4 heteroatoms. The minimum atomic E-state index is -0.308. The molecule has 0 radical (unpaired) electrons. The Morgan fingerprint density at radius 2 is 1.83 bits per heavy atom. The van der Waals surface area contributed by atoms with Crippen molar-refractivity contribution < 1.29 is 14.0 Å². The molecule has 3 rings (SSSR count). The number of amides is 1. The van der Waals surface area contributed by atoms with Gasteiger partial charge in [0.15, 0.2) is 5.78 Å². The number of ketones is 1. The van der Waals surface area contributed by atoms with E-state index in [1.54, 1.807) is 36.4 Å². The van der Waals surface area contributed by atoms with Gasteiger partial charge in [-0.15, -0.1) is 0 Å². The van der Waals surface area contributed by atoms with Crippen LogP contribution in [0.4, 0.5) is 10.1 Å². The third-order valence-electron chi connectivity index (χ3n) is 4.14. The van der Waals surface area contributed by atoms with Crippen LogP contribution in [0.2, 0.25) is 0 Å². The Labute approximate surface area is 134 Å². The third-order valence-corrected chi connectivity index (χ3v) is 4.14. The van der Waals surface area contributed by atoms with Crippen molar-refractivity contribution in [3.8, 4) is 0 Å². The van der Waals surface area contributed by atoms with E-state index in [0.717, 1.165) is 18.4 Å². The summed E-state index contributed by atoms with van der Waals surface area (Å²) < 4.78 is 13.1. The van der Waals surface area contributed by atoms with E-state index in [9.17, 15) is 14.0 Å². The average molecular weight is 311 g/mol. The highest BCUT2D eigenvalue weighted by Crippen LogP contribution is 2.43. The second-order valence-electron chi connectivity index (χ2n) is 5.99. The van der Waals surface area contributed by atoms with Crippen molar-refractivity contribution >= 4 is 17.4 Å². The van der Waals surface area contributed by atoms with Crippen LogP contribution in [0.3, 0.4) is 0 Å². The van der Waals surface area contributed by atoms with Gasteiger partial charge >= 0.3 is 0 Å². The largest absolute Gasteiger partial charge is 0.326 e. The van der Waals surface area contributed by atoms with Crippen molar-refractivity contribution in [2.24, 2.45) is 5.92 Å². The number of rotatable bonds is 5. The number of nitrogens with one attached hydrogen (secondary N) is 1. The Kier molecular flexibility index (Phi) is 4.24. The second kappa shape index (κ2) is 6.32. The standard InChI is InChI=1S/C19H18FNO2/c1-12(22)15-3-2-4-17(11-15)21-19(23)18(13-5-6-13)14-7-9-16(20)10-8-14/h2-4,7-11,13,18H,5-6H2,1H3,(H,21,23). The molecule has 1 fully saturated rings. The highest BCUT2D eigenvalue weighted by Gasteiger charge is 2.37. The summed E-state index contributed by atoms with van der Waals surface area (Å²) in [6.07, 6.45) is 2.01. The first-order valence-electron chi connectivity index (χ1n) is 7.72. The van der Waals surface area contributed by atoms with Gasteiger partial charge in [0.1, 0.15) is 5.82 Å². The van der Waals surface area contributed by atoms with Crippen molar-refractivity contribution in [3.05, 3.63) is 65.5 Å². The molecule has 1 unspecified atom stereocenters. The van der Waals surface area contributed by atoms with Crippen molar-refractivity contribution in [1.29, 1.82) is 0 Å². The molecule has 0 spiro atoms. The van der Waals surface area contributed by atoms with Crippen LogP contribution < -0.4 is 5.32 Å². The molecule has 0 aromatic heterocycles. The molecule has 2 aromatic rings. The van der Waals surface area contributed by atoms with Crippen LogP contribution in [0.5, 0.6) is 0 Å². The highest BCUT2D eigenvalue weighted by molar-refractivity contribution is 5.99. The SMILES string of the molecule is CC(=O)c1cccc(NC(=O)C(c2ccc(F)cc2)C2CC2)c1. The predicted octanol–water partition coefficient (Wildman–Crippen LogP) is 4.16. The van der Waals surface area contributed by atoms with Crippen LogP contribution in [-0.4, -0.2) is 11.7 Å². The molecule has 0 heterocycles. The van der Waals surface area contributed by atoms with Gasteiger partial charge in [-0.2, -0.15) is 0 Å². The number of Topliss-reactive ketones (excluding diaryl/α,β-unsaturated/α-hetero) is 1. The lowest BCUT2D eigenvalue weighted by Crippen LogP contribution is -2.23. The Morgan fingerprint density at radius 3 is 2.43 bits per heavy atom. The number of hydrogen-bond acceptors (Lipinski definition) is 2. The first kappa shape index (κ1) is 15.4. The number of anilines is 1. The van der Waals surface area contributed by atoms with Gasteiger partial charge in [-0.1, -0.05) is 24.3 Å². The number of benzene rings is 2. The molecule has 1 aliphatic rings. The summed E-state index contributed by atoms with van der Waals surface area (Å²) in [6, 6.07) is 13.0. The first-order chi connectivity index (χ1) is 11.0. The molecular formula is C19H18FNO2. The Hall–Kier alpha value is -2.49. The molecule has 0 aliphatic heterocycles. The van der Waals surface area contributed by atoms with Crippen LogP contribution in [0, 0.1) is 11.7 Å². The summed E-state index contributed by atoms with van der Waals surface area (Å²) in [4.78, 5) is 24.1. The zero-order valence-electron chi connectivity index (χ0n) is 12.9. The summed E-state index contributed by atoms with van der Waals surface area (Å²) in [5.74, 6) is -0.441. The summed E-state index contributed by atoms with van der Waals surface area (Å²) in [6.45, 7) is 1.49. The van der Waals surface area contributed by atoms with Gasteiger partial charge < -0.3 is 5.32 Å². The van der Waals surface area contributed by atoms with Gasteiger partial charge in [-0.05, 0) is 55.5 Å². The molecule has 3 nitrogen and oxygen atoms in total. The van der Waals surface area contributed by atoms with Crippen LogP contribution in [0.25, 0.3) is 0 Å². The lowest BCUT2D eigenvalue weighted by molar-refractivity contribution is -0.118. The van der Waals surface area contributed by atoms with Gasteiger partial charge in [0.25, 0.3) is 0 Å². The van der Waals surface area contributed by atoms with E-state index in [2.05, 4.69) is 5.32 Å². The fourth-order valence-corrected chi connectivity index (χ4v) is 2.77. The van der Waals surface area contributed by atoms with Crippen molar-refractivity contribution in [2.45, 2.75) is 25.7 Å². The number of carbonyl (C=O) groups is 2. The Bertz CT molecular complexity index is 735. The lowest BCUT2D eigenvalue weighted by Gasteiger charge is -2.17. The van der Waals surface area contributed by atoms with Crippen LogP contribution in [0.15, 0.2) is 48.5 Å². The summed E-state index contributed by atoms with van der Waals surface area (Å²) >= 11 is 0. The number of carbonyl (C=O) groups excluding carboxylic acids is 2. The molecule has 23 heavy (non-hydrogen) atoms. The van der Waals surface area contributed by atoms with Gasteiger partial charge in [0.2, 0.25) is 5.91 Å². The first-order valence-corrected chi connectivity index (χ1v) is 7.72. The molecule has 1 atom stereocenters. The van der Waals surface area contributed by atoms with Crippen LogP contribution >= 0.6 is 0 Å². The number of hydrogen-bond donors (Lipinski definition) is 1. The van der Waals surface area contributed by atoms with Gasteiger partial charge in [-0.25, -0.2) is 4.39 Å². The van der Waals surface area contributed by atoms with Gasteiger partial charge in [0, 0.05) is 11.3 Å². The molecular weight excluding hydrogens is 293 g/mol. The minimum Gasteiger partial charge on any atom is -0.326 e. The zero-order chi connectivity index (χ0) is 16.4. The highest BCUT2D eigenvalue weighted by atomic mass is 19.1. The van der Waals surface area contributed by atoms with Gasteiger partial charge in [-0.3, -0.25) is 9.59 Å². The van der Waals surface area contributed by atoms with E-state index < -0.39 is 0 Å². The maximum atomic E-state index is 13.1. The monoisotopic (exact) mass is 311 g/mol. The normalized spacial score (nSPS) is 15.0. The zero-order valence-corrected chi connectivity index (χ0v) is 12.9. The van der Waals surface area contributed by atoms with E-state index >= 15 is 0 Å². The van der Waals surface area contributed by atoms with Crippen molar-refractivity contribution in [1.82, 2.24) is 0 Å². The molecule has 1 amide bonds. The van der Waals surface area contributed by atoms with E-state index in [1.165, 1.54) is 19.1 Å². The summed E-state index contributed by atoms with van der Waals surface area (Å²) in [5.41, 5.74) is 2.00. The quantitative estimate of drug-likeness (QED) is 0.843. The lowest BCUT2D eigenvalue weighted by atomic mass is 9.93. The van der Waals surface area contributed by atoms with E-state index in [1.807, 2.05) is 0 Å². The topological polar surface area (TPSA) is 46.2 Å². The third kappa shape index (κ3) is 3.65. The summed E-state index contributed by atoms with van der Waals surface area (Å²) in [7, 11) is 0. The molecule has 1 saturated carbocycles. The molecule has 1 aliphatic carbocycles. The minimum absolute atomic E-state index is 0.0432. The van der Waals surface area contributed by atoms with Crippen molar-refractivity contribution in [2.75, 3.05) is 5.32 Å². The molecule has 0 bridgehead atoms. The number of halogens is 1. The van der Waals surface area contributed by atoms with Crippen LogP contribution in [-0.2, 0) is 4.79 Å². The molecule has 1 N–H and O–H groups in total. The fraction of sp³-hybridized carbons (Fsp3) is 0.263. The van der Waals surface area contributed by atoms with E-state index in [-0.39, 0.29) is 23.4 Å². The maximum absolute atomic E-state index is 13.1. The van der Waals surface area contributed by atoms with E-state index in [0.29, 0.717) is 17.2 Å². The van der Waals surface area contributed by atoms with Gasteiger partial charge in [0.05, 0.1) is 5.92 Å². The Morgan fingerprint density at radius 1 is 1.13 bits per heavy atom. The second-order valence-corrected chi connectivity index (χ2v) is 5.99. The predicted molar refractivity (Wildman–Crippen MR) is 86.9 cm³/mol. The van der Waals surface area contributed by atoms with E-state index in [4.69, 9.17) is 0 Å². The molecule has 118 valence electrons.